The number of hydrogen-bond donors (Lipinski definition) is 0. The topological polar surface area (TPSA) is 53.5 Å². The second kappa shape index (κ2) is 8.99. The highest BCUT2D eigenvalue weighted by Gasteiger charge is 2.38. The Morgan fingerprint density at radius 2 is 1.42 bits per heavy atom. The predicted molar refractivity (Wildman–Crippen MR) is 114 cm³/mol. The number of aryl methyl sites for hydroxylation is 1. The minimum atomic E-state index is -4.94. The van der Waals surface area contributed by atoms with Gasteiger partial charge in [-0.1, -0.05) is 31.2 Å². The van der Waals surface area contributed by atoms with Gasteiger partial charge in [-0.3, -0.25) is 0 Å². The van der Waals surface area contributed by atoms with Gasteiger partial charge >= 0.3 is 0 Å². The summed E-state index contributed by atoms with van der Waals surface area (Å²) in [6.07, 6.45) is 0.917. The summed E-state index contributed by atoms with van der Waals surface area (Å²) in [6, 6.07) is 7.95. The lowest BCUT2D eigenvalue weighted by molar-refractivity contribution is 0.344. The molecule has 2 aromatic carbocycles. The number of piperazine rings is 1. The summed E-state index contributed by atoms with van der Waals surface area (Å²) in [5, 5.41) is 2.51. The van der Waals surface area contributed by atoms with Crippen LogP contribution in [0.25, 0.3) is 11.3 Å². The van der Waals surface area contributed by atoms with Gasteiger partial charge in [-0.05, 0) is 12.0 Å². The Labute approximate surface area is 191 Å². The zero-order chi connectivity index (χ0) is 23.9. The first-order valence-electron chi connectivity index (χ1n) is 9.96. The maximum Gasteiger partial charge on any atom is 0.249 e. The van der Waals surface area contributed by atoms with Crippen LogP contribution in [0.3, 0.4) is 0 Å². The highest BCUT2D eigenvalue weighted by Crippen LogP contribution is 2.31. The number of thiazole rings is 1. The van der Waals surface area contributed by atoms with Crippen LogP contribution in [-0.4, -0.2) is 43.9 Å². The Hall–Kier alpha value is -2.57. The van der Waals surface area contributed by atoms with E-state index in [4.69, 9.17) is 0 Å². The van der Waals surface area contributed by atoms with E-state index in [1.54, 1.807) is 4.90 Å². The fourth-order valence-electron chi connectivity index (χ4n) is 3.51. The average Bonchev–Trinajstić information content (AvgIpc) is 3.32. The van der Waals surface area contributed by atoms with Crippen LogP contribution in [0.5, 0.6) is 0 Å². The van der Waals surface area contributed by atoms with E-state index in [2.05, 4.69) is 11.9 Å². The number of hydrogen-bond acceptors (Lipinski definition) is 5. The highest BCUT2D eigenvalue weighted by molar-refractivity contribution is 7.89. The first-order chi connectivity index (χ1) is 15.6. The lowest BCUT2D eigenvalue weighted by Crippen LogP contribution is -2.49. The molecule has 176 valence electrons. The van der Waals surface area contributed by atoms with Gasteiger partial charge < -0.3 is 4.90 Å². The molecule has 0 bridgehead atoms. The second-order valence-electron chi connectivity index (χ2n) is 7.36. The van der Waals surface area contributed by atoms with Crippen molar-refractivity contribution in [2.75, 3.05) is 31.1 Å². The van der Waals surface area contributed by atoms with E-state index in [0.29, 0.717) is 9.44 Å². The SMILES string of the molecule is CCc1ccc(-c2csc(N3CCN(S(=O)(=O)c4c(F)c(F)c(F)c(F)c4F)CC3)n2)cc1. The van der Waals surface area contributed by atoms with Crippen LogP contribution >= 0.6 is 11.3 Å². The first kappa shape index (κ1) is 23.6. The zero-order valence-electron chi connectivity index (χ0n) is 17.3. The van der Waals surface area contributed by atoms with E-state index in [9.17, 15) is 30.4 Å². The summed E-state index contributed by atoms with van der Waals surface area (Å²) < 4.78 is 94.5. The van der Waals surface area contributed by atoms with E-state index in [1.807, 2.05) is 29.6 Å². The van der Waals surface area contributed by atoms with E-state index in [-0.39, 0.29) is 26.2 Å². The van der Waals surface area contributed by atoms with Gasteiger partial charge in [-0.15, -0.1) is 11.3 Å². The molecule has 0 radical (unpaired) electrons. The number of sulfonamides is 1. The Bertz CT molecular complexity index is 1260. The number of anilines is 1. The first-order valence-corrected chi connectivity index (χ1v) is 12.3. The van der Waals surface area contributed by atoms with Gasteiger partial charge in [0.05, 0.1) is 5.69 Å². The summed E-state index contributed by atoms with van der Waals surface area (Å²) in [7, 11) is -4.94. The third kappa shape index (κ3) is 4.22. The maximum atomic E-state index is 14.1. The number of nitrogens with zero attached hydrogens (tertiary/aromatic N) is 3. The standard InChI is InChI=1S/C21H18F5N3O2S2/c1-2-12-3-5-13(6-4-12)14-11-32-21(27-14)28-7-9-29(10-8-28)33(30,31)20-18(25)16(23)15(22)17(24)19(20)26/h3-6,11H,2,7-10H2,1H3. The van der Waals surface area contributed by atoms with Crippen LogP contribution in [0, 0.1) is 29.1 Å². The lowest BCUT2D eigenvalue weighted by Gasteiger charge is -2.33. The third-order valence-corrected chi connectivity index (χ3v) is 8.25. The molecule has 0 amide bonds. The zero-order valence-corrected chi connectivity index (χ0v) is 18.9. The van der Waals surface area contributed by atoms with Gasteiger partial charge in [0, 0.05) is 37.1 Å². The van der Waals surface area contributed by atoms with Gasteiger partial charge in [0.2, 0.25) is 15.8 Å². The molecule has 2 heterocycles. The van der Waals surface area contributed by atoms with Crippen LogP contribution in [0.2, 0.25) is 0 Å². The molecule has 1 aliphatic rings. The molecule has 33 heavy (non-hydrogen) atoms. The summed E-state index contributed by atoms with van der Waals surface area (Å²) in [5.74, 6) is -11.7. The van der Waals surface area contributed by atoms with Crippen molar-refractivity contribution in [3.05, 3.63) is 64.3 Å². The molecule has 1 aliphatic heterocycles. The van der Waals surface area contributed by atoms with Crippen molar-refractivity contribution < 1.29 is 30.4 Å². The molecular weight excluding hydrogens is 485 g/mol. The lowest BCUT2D eigenvalue weighted by atomic mass is 10.1. The van der Waals surface area contributed by atoms with Crippen molar-refractivity contribution in [3.63, 3.8) is 0 Å². The molecule has 12 heteroatoms. The Kier molecular flexibility index (Phi) is 6.43. The van der Waals surface area contributed by atoms with Crippen molar-refractivity contribution in [2.45, 2.75) is 18.2 Å². The Balaban J connectivity index is 1.51. The van der Waals surface area contributed by atoms with Gasteiger partial charge in [-0.2, -0.15) is 4.31 Å². The normalized spacial score (nSPS) is 15.3. The predicted octanol–water partition coefficient (Wildman–Crippen LogP) is 4.58. The van der Waals surface area contributed by atoms with Crippen LogP contribution < -0.4 is 4.90 Å². The van der Waals surface area contributed by atoms with Crippen molar-refractivity contribution in [1.29, 1.82) is 0 Å². The van der Waals surface area contributed by atoms with E-state index >= 15 is 0 Å². The van der Waals surface area contributed by atoms with E-state index in [0.717, 1.165) is 17.7 Å². The number of rotatable bonds is 5. The summed E-state index contributed by atoms with van der Waals surface area (Å²) in [4.78, 5) is 4.55. The molecule has 4 rings (SSSR count). The van der Waals surface area contributed by atoms with Crippen molar-refractivity contribution in [3.8, 4) is 11.3 Å². The largest absolute Gasteiger partial charge is 0.345 e. The number of benzene rings is 2. The molecule has 5 nitrogen and oxygen atoms in total. The van der Waals surface area contributed by atoms with Crippen LogP contribution in [0.1, 0.15) is 12.5 Å². The van der Waals surface area contributed by atoms with Crippen LogP contribution in [-0.2, 0) is 16.4 Å². The van der Waals surface area contributed by atoms with Crippen molar-refractivity contribution in [2.24, 2.45) is 0 Å². The van der Waals surface area contributed by atoms with Gasteiger partial charge in [-0.25, -0.2) is 35.4 Å². The average molecular weight is 504 g/mol. The molecule has 0 saturated carbocycles. The molecule has 0 unspecified atom stereocenters. The quantitative estimate of drug-likeness (QED) is 0.291. The second-order valence-corrected chi connectivity index (χ2v) is 10.1. The van der Waals surface area contributed by atoms with Gasteiger partial charge in [0.1, 0.15) is 0 Å². The molecule has 3 aromatic rings. The molecule has 0 atom stereocenters. The van der Waals surface area contributed by atoms with Crippen LogP contribution in [0.4, 0.5) is 27.1 Å². The molecule has 1 saturated heterocycles. The third-order valence-electron chi connectivity index (χ3n) is 5.43. The smallest absolute Gasteiger partial charge is 0.249 e. The molecule has 0 N–H and O–H groups in total. The summed E-state index contributed by atoms with van der Waals surface area (Å²) in [6.45, 7) is 1.91. The van der Waals surface area contributed by atoms with Gasteiger partial charge in [0.25, 0.3) is 0 Å². The number of halogens is 5. The summed E-state index contributed by atoms with van der Waals surface area (Å²) in [5.41, 5.74) is 2.89. The van der Waals surface area contributed by atoms with E-state index in [1.165, 1.54) is 16.9 Å². The van der Waals surface area contributed by atoms with Crippen molar-refractivity contribution >= 4 is 26.5 Å². The van der Waals surface area contributed by atoms with Gasteiger partial charge in [0.15, 0.2) is 33.3 Å². The Morgan fingerprint density at radius 1 is 0.879 bits per heavy atom. The molecule has 0 spiro atoms. The Morgan fingerprint density at radius 3 is 1.97 bits per heavy atom. The molecular formula is C21H18F5N3O2S2. The minimum Gasteiger partial charge on any atom is -0.345 e. The fraction of sp³-hybridized carbons (Fsp3) is 0.286. The van der Waals surface area contributed by atoms with Crippen LogP contribution in [0.15, 0.2) is 34.5 Å². The molecule has 1 fully saturated rings. The summed E-state index contributed by atoms with van der Waals surface area (Å²) >= 11 is 1.36. The molecule has 0 aliphatic carbocycles. The molecule has 1 aromatic heterocycles. The maximum absolute atomic E-state index is 14.1. The van der Waals surface area contributed by atoms with Crippen molar-refractivity contribution in [1.82, 2.24) is 9.29 Å². The van der Waals surface area contributed by atoms with E-state index < -0.39 is 44.0 Å². The minimum absolute atomic E-state index is 0.135. The highest BCUT2D eigenvalue weighted by atomic mass is 32.2. The monoisotopic (exact) mass is 503 g/mol. The fourth-order valence-corrected chi connectivity index (χ4v) is 5.94. The number of aromatic nitrogens is 1.